The van der Waals surface area contributed by atoms with Crippen LogP contribution in [0.4, 0.5) is 35.1 Å². The second-order valence-corrected chi connectivity index (χ2v) is 6.93. The zero-order chi connectivity index (χ0) is 23.5. The third-order valence-corrected chi connectivity index (χ3v) is 5.27. The lowest BCUT2D eigenvalue weighted by molar-refractivity contribution is -0.0127. The molecule has 0 radical (unpaired) electrons. The quantitative estimate of drug-likeness (QED) is 0.401. The predicted molar refractivity (Wildman–Crippen MR) is 100 cm³/mol. The molecule has 3 aromatic rings. The molecular weight excluding hydrogens is 448 g/mol. The summed E-state index contributed by atoms with van der Waals surface area (Å²) in [5.41, 5.74) is -1.15. The van der Waals surface area contributed by atoms with Gasteiger partial charge in [0.05, 0.1) is 14.2 Å². The normalized spacial score (nSPS) is 17.5. The van der Waals surface area contributed by atoms with E-state index in [0.717, 1.165) is 38.5 Å². The first-order chi connectivity index (χ1) is 15.1. The maximum absolute atomic E-state index is 14.9. The van der Waals surface area contributed by atoms with Crippen molar-refractivity contribution >= 4 is 22.4 Å². The van der Waals surface area contributed by atoms with E-state index in [1.165, 1.54) is 0 Å². The fraction of sp³-hybridized carbons (Fsp3) is 0.182. The second-order valence-electron chi connectivity index (χ2n) is 6.93. The van der Waals surface area contributed by atoms with Gasteiger partial charge in [0.25, 0.3) is 0 Å². The van der Waals surface area contributed by atoms with E-state index < -0.39 is 73.5 Å². The Kier molecular flexibility index (Phi) is 5.06. The zero-order valence-electron chi connectivity index (χ0n) is 16.3. The topological polar surface area (TPSA) is 18.5 Å². The van der Waals surface area contributed by atoms with Crippen LogP contribution in [0.1, 0.15) is 0 Å². The van der Waals surface area contributed by atoms with E-state index in [2.05, 4.69) is 0 Å². The summed E-state index contributed by atoms with van der Waals surface area (Å²) in [4.78, 5) is 0. The van der Waals surface area contributed by atoms with E-state index in [1.807, 2.05) is 0 Å². The van der Waals surface area contributed by atoms with E-state index >= 15 is 0 Å². The van der Waals surface area contributed by atoms with Crippen molar-refractivity contribution in [3.8, 4) is 22.6 Å². The van der Waals surface area contributed by atoms with Crippen LogP contribution in [-0.4, -0.2) is 26.3 Å². The van der Waals surface area contributed by atoms with Crippen molar-refractivity contribution in [2.45, 2.75) is 12.1 Å². The van der Waals surface area contributed by atoms with Gasteiger partial charge >= 0.3 is 5.92 Å². The summed E-state index contributed by atoms with van der Waals surface area (Å²) in [6.07, 6.45) is -3.59. The Morgan fingerprint density at radius 3 is 2.03 bits per heavy atom. The highest BCUT2D eigenvalue weighted by Gasteiger charge is 2.51. The molecule has 0 fully saturated rings. The van der Waals surface area contributed by atoms with Crippen molar-refractivity contribution in [1.29, 1.82) is 0 Å². The number of benzene rings is 3. The van der Waals surface area contributed by atoms with E-state index in [1.54, 1.807) is 0 Å². The summed E-state index contributed by atoms with van der Waals surface area (Å²) in [5.74, 6) is -14.1. The number of halogens is 8. The van der Waals surface area contributed by atoms with Gasteiger partial charge in [-0.3, -0.25) is 0 Å². The number of methoxy groups -OCH3 is 2. The van der Waals surface area contributed by atoms with Crippen LogP contribution in [0.5, 0.6) is 11.5 Å². The lowest BCUT2D eigenvalue weighted by Crippen LogP contribution is -2.46. The van der Waals surface area contributed by atoms with Gasteiger partial charge in [0.2, 0.25) is 6.17 Å². The minimum absolute atomic E-state index is 0.210. The van der Waals surface area contributed by atoms with Crippen molar-refractivity contribution < 1.29 is 44.6 Å². The van der Waals surface area contributed by atoms with Crippen molar-refractivity contribution in [3.05, 3.63) is 58.2 Å². The minimum Gasteiger partial charge on any atom is -0.496 e. The Labute approximate surface area is 175 Å². The van der Waals surface area contributed by atoms with Crippen LogP contribution in [0.2, 0.25) is 0 Å². The smallest absolute Gasteiger partial charge is 0.336 e. The summed E-state index contributed by atoms with van der Waals surface area (Å²) >= 11 is 0. The number of hydrogen-bond acceptors (Lipinski definition) is 2. The average Bonchev–Trinajstić information content (AvgIpc) is 2.78. The molecular formula is C22H12F8O2. The van der Waals surface area contributed by atoms with Crippen LogP contribution in [0.3, 0.4) is 0 Å². The van der Waals surface area contributed by atoms with Crippen LogP contribution in [0.15, 0.2) is 30.3 Å². The minimum atomic E-state index is -4.88. The fourth-order valence-corrected chi connectivity index (χ4v) is 3.81. The first-order valence-corrected chi connectivity index (χ1v) is 8.99. The van der Waals surface area contributed by atoms with E-state index in [0.29, 0.717) is 0 Å². The number of alkyl halides is 3. The molecule has 32 heavy (non-hydrogen) atoms. The molecule has 0 saturated heterocycles. The first-order valence-electron chi connectivity index (χ1n) is 8.99. The van der Waals surface area contributed by atoms with E-state index in [9.17, 15) is 35.1 Å². The summed E-state index contributed by atoms with van der Waals surface area (Å²) in [6.45, 7) is 0. The number of hydrogen-bond donors (Lipinski definition) is 0. The molecule has 0 amide bonds. The van der Waals surface area contributed by atoms with Crippen LogP contribution >= 0.6 is 0 Å². The molecule has 168 valence electrons. The average molecular weight is 460 g/mol. The predicted octanol–water partition coefficient (Wildman–Crippen LogP) is 5.08. The Hall–Kier alpha value is -3.30. The Morgan fingerprint density at radius 1 is 0.812 bits per heavy atom. The van der Waals surface area contributed by atoms with Crippen molar-refractivity contribution in [2.75, 3.05) is 14.2 Å². The molecule has 0 N–H and O–H groups in total. The second kappa shape index (κ2) is 7.39. The molecule has 0 aliphatic heterocycles. The first kappa shape index (κ1) is 21.9. The third kappa shape index (κ3) is 2.85. The highest BCUT2D eigenvalue weighted by molar-refractivity contribution is 6.02. The van der Waals surface area contributed by atoms with Crippen LogP contribution in [-0.2, 0) is 0 Å². The van der Waals surface area contributed by atoms with Gasteiger partial charge in [-0.25, -0.2) is 26.3 Å². The van der Waals surface area contributed by atoms with E-state index in [-0.39, 0.29) is 17.6 Å². The van der Waals surface area contributed by atoms with Gasteiger partial charge in [-0.1, -0.05) is 0 Å². The monoisotopic (exact) mass is 460 g/mol. The summed E-state index contributed by atoms with van der Waals surface area (Å²) in [7, 11) is 2.17. The summed E-state index contributed by atoms with van der Waals surface area (Å²) < 4.78 is 125. The lowest BCUT2D eigenvalue weighted by Gasteiger charge is -2.24. The van der Waals surface area contributed by atoms with Crippen LogP contribution in [0.25, 0.3) is 33.6 Å². The molecule has 0 spiro atoms. The largest absolute Gasteiger partial charge is 0.496 e. The van der Waals surface area contributed by atoms with Crippen molar-refractivity contribution in [3.63, 3.8) is 0 Å². The Balaban J connectivity index is 2.36. The Morgan fingerprint density at radius 2 is 1.41 bits per heavy atom. The molecule has 1 aliphatic carbocycles. The molecule has 1 atom stereocenters. The molecule has 10 heteroatoms. The molecule has 0 aromatic heterocycles. The van der Waals surface area contributed by atoms with Crippen molar-refractivity contribution in [2.24, 2.45) is 0 Å². The van der Waals surface area contributed by atoms with Crippen molar-refractivity contribution in [1.82, 2.24) is 0 Å². The summed E-state index contributed by atoms with van der Waals surface area (Å²) in [6, 6.07) is 4.09. The Bertz CT molecular complexity index is 1400. The lowest BCUT2D eigenvalue weighted by atomic mass is 9.90. The molecule has 0 heterocycles. The number of ether oxygens (including phenoxy) is 2. The number of fused-ring (bicyclic) bond motifs is 2. The molecule has 1 aliphatic rings. The van der Waals surface area contributed by atoms with Gasteiger partial charge in [0.15, 0.2) is 17.5 Å². The molecule has 2 nitrogen and oxygen atoms in total. The molecule has 0 saturated carbocycles. The molecule has 0 bridgehead atoms. The van der Waals surface area contributed by atoms with Gasteiger partial charge in [-0.05, 0) is 24.3 Å². The van der Waals surface area contributed by atoms with Crippen LogP contribution < -0.4 is 19.9 Å². The maximum atomic E-state index is 14.9. The maximum Gasteiger partial charge on any atom is 0.336 e. The van der Waals surface area contributed by atoms with Gasteiger partial charge in [0.1, 0.15) is 23.1 Å². The summed E-state index contributed by atoms with van der Waals surface area (Å²) in [5, 5.41) is -3.25. The number of rotatable bonds is 3. The molecule has 1 unspecified atom stereocenters. The molecule has 3 aromatic carbocycles. The SMILES string of the molecule is COc1ccc2c(c1-c1c(OC)ccc3c(F)c(F)cc(F)c13)=C(F)C(F)(F)C(F)C=2F. The standard InChI is InChI=1S/C22H12F8O2/c1-31-12-5-3-8-14(10(23)7-11(24)18(8)25)16(12)17-13(32-2)6-4-9-15(17)20(27)22(29,30)21(28)19(9)26/h3-7,21H,1-2H3. The molecule has 4 rings (SSSR count). The third-order valence-electron chi connectivity index (χ3n) is 5.27. The highest BCUT2D eigenvalue weighted by atomic mass is 19.3. The zero-order valence-corrected chi connectivity index (χ0v) is 16.3. The van der Waals surface area contributed by atoms with E-state index in [4.69, 9.17) is 9.47 Å². The van der Waals surface area contributed by atoms with Gasteiger partial charge in [-0.2, -0.15) is 8.78 Å². The fourth-order valence-electron chi connectivity index (χ4n) is 3.81. The van der Waals surface area contributed by atoms with Gasteiger partial charge in [-0.15, -0.1) is 0 Å². The van der Waals surface area contributed by atoms with Gasteiger partial charge < -0.3 is 9.47 Å². The van der Waals surface area contributed by atoms with Gasteiger partial charge in [0, 0.05) is 38.4 Å². The highest BCUT2D eigenvalue weighted by Crippen LogP contribution is 2.44. The van der Waals surface area contributed by atoms with Crippen LogP contribution in [0, 0.1) is 17.5 Å².